The topological polar surface area (TPSA) is 49.3 Å². The highest BCUT2D eigenvalue weighted by Crippen LogP contribution is 2.48. The van der Waals surface area contributed by atoms with Gasteiger partial charge in [-0.3, -0.25) is 4.79 Å². The number of amides is 1. The number of nitrogens with one attached hydrogen (secondary N) is 1. The van der Waals surface area contributed by atoms with Crippen molar-refractivity contribution in [3.8, 4) is 16.9 Å². The molecule has 2 aromatic rings. The summed E-state index contributed by atoms with van der Waals surface area (Å²) >= 11 is 0. The SMILES string of the molecule is O=C1Nc2ccc(-c3cccc(O)c3)cc2C12CCCCC2. The molecule has 22 heavy (non-hydrogen) atoms. The van der Waals surface area contributed by atoms with Crippen molar-refractivity contribution in [2.24, 2.45) is 0 Å². The highest BCUT2D eigenvalue weighted by molar-refractivity contribution is 6.06. The van der Waals surface area contributed by atoms with Gasteiger partial charge in [0.15, 0.2) is 0 Å². The fourth-order valence-corrected chi connectivity index (χ4v) is 3.93. The molecule has 112 valence electrons. The monoisotopic (exact) mass is 293 g/mol. The van der Waals surface area contributed by atoms with Gasteiger partial charge in [-0.1, -0.05) is 37.5 Å². The second-order valence-corrected chi connectivity index (χ2v) is 6.41. The van der Waals surface area contributed by atoms with Gasteiger partial charge in [0.25, 0.3) is 0 Å². The summed E-state index contributed by atoms with van der Waals surface area (Å²) in [5.74, 6) is 0.426. The molecule has 1 fully saturated rings. The van der Waals surface area contributed by atoms with E-state index in [9.17, 15) is 9.90 Å². The summed E-state index contributed by atoms with van der Waals surface area (Å²) in [6.07, 6.45) is 5.33. The van der Waals surface area contributed by atoms with Crippen LogP contribution in [-0.2, 0) is 10.2 Å². The van der Waals surface area contributed by atoms with Crippen molar-refractivity contribution in [2.75, 3.05) is 5.32 Å². The Labute approximate surface area is 130 Å². The molecule has 3 nitrogen and oxygen atoms in total. The maximum atomic E-state index is 12.6. The van der Waals surface area contributed by atoms with Crippen LogP contribution >= 0.6 is 0 Å². The number of fused-ring (bicyclic) bond motifs is 2. The molecule has 1 amide bonds. The van der Waals surface area contributed by atoms with Gasteiger partial charge >= 0.3 is 0 Å². The lowest BCUT2D eigenvalue weighted by Crippen LogP contribution is -2.36. The average Bonchev–Trinajstić information content (AvgIpc) is 2.80. The van der Waals surface area contributed by atoms with Gasteiger partial charge in [-0.25, -0.2) is 0 Å². The second-order valence-electron chi connectivity index (χ2n) is 6.41. The predicted octanol–water partition coefficient (Wildman–Crippen LogP) is 4.21. The minimum atomic E-state index is -0.333. The van der Waals surface area contributed by atoms with Gasteiger partial charge in [-0.05, 0) is 53.8 Å². The number of carbonyl (C=O) groups is 1. The Morgan fingerprint density at radius 3 is 2.50 bits per heavy atom. The number of aromatic hydroxyl groups is 1. The highest BCUT2D eigenvalue weighted by atomic mass is 16.3. The predicted molar refractivity (Wildman–Crippen MR) is 86.9 cm³/mol. The molecular weight excluding hydrogens is 274 g/mol. The summed E-state index contributed by atoms with van der Waals surface area (Å²) in [6.45, 7) is 0. The Hall–Kier alpha value is -2.29. The van der Waals surface area contributed by atoms with Crippen molar-refractivity contribution in [1.29, 1.82) is 0 Å². The zero-order valence-electron chi connectivity index (χ0n) is 12.4. The van der Waals surface area contributed by atoms with Gasteiger partial charge in [0, 0.05) is 5.69 Å². The Morgan fingerprint density at radius 2 is 1.73 bits per heavy atom. The van der Waals surface area contributed by atoms with Crippen molar-refractivity contribution in [2.45, 2.75) is 37.5 Å². The fourth-order valence-electron chi connectivity index (χ4n) is 3.93. The molecule has 1 saturated carbocycles. The molecule has 2 aliphatic rings. The van der Waals surface area contributed by atoms with E-state index in [-0.39, 0.29) is 17.1 Å². The second kappa shape index (κ2) is 4.87. The first-order valence-electron chi connectivity index (χ1n) is 7.94. The first-order valence-corrected chi connectivity index (χ1v) is 7.94. The maximum absolute atomic E-state index is 12.6. The molecule has 1 aliphatic heterocycles. The Kier molecular flexibility index (Phi) is 2.96. The summed E-state index contributed by atoms with van der Waals surface area (Å²) < 4.78 is 0. The van der Waals surface area contributed by atoms with E-state index in [1.807, 2.05) is 24.3 Å². The van der Waals surface area contributed by atoms with Crippen LogP contribution in [0.5, 0.6) is 5.75 Å². The molecule has 0 aromatic heterocycles. The van der Waals surface area contributed by atoms with Gasteiger partial charge in [-0.15, -0.1) is 0 Å². The van der Waals surface area contributed by atoms with Crippen LogP contribution in [-0.4, -0.2) is 11.0 Å². The van der Waals surface area contributed by atoms with Crippen molar-refractivity contribution in [3.63, 3.8) is 0 Å². The number of benzene rings is 2. The quantitative estimate of drug-likeness (QED) is 0.827. The smallest absolute Gasteiger partial charge is 0.235 e. The molecule has 0 atom stereocenters. The van der Waals surface area contributed by atoms with Crippen LogP contribution in [0.3, 0.4) is 0 Å². The van der Waals surface area contributed by atoms with Crippen LogP contribution in [0.15, 0.2) is 42.5 Å². The molecule has 0 unspecified atom stereocenters. The third kappa shape index (κ3) is 1.92. The minimum Gasteiger partial charge on any atom is -0.508 e. The Morgan fingerprint density at radius 1 is 0.955 bits per heavy atom. The molecule has 0 radical (unpaired) electrons. The first kappa shape index (κ1) is 13.4. The summed E-state index contributed by atoms with van der Waals surface area (Å²) in [4.78, 5) is 12.6. The number of hydrogen-bond acceptors (Lipinski definition) is 2. The van der Waals surface area contributed by atoms with Crippen LogP contribution < -0.4 is 5.32 Å². The van der Waals surface area contributed by atoms with Crippen LogP contribution in [0.1, 0.15) is 37.7 Å². The number of phenolic OH excluding ortho intramolecular Hbond substituents is 1. The zero-order chi connectivity index (χ0) is 15.2. The molecule has 1 aliphatic carbocycles. The molecule has 1 heterocycles. The van der Waals surface area contributed by atoms with Crippen LogP contribution in [0.25, 0.3) is 11.1 Å². The summed E-state index contributed by atoms with van der Waals surface area (Å²) in [5, 5.41) is 12.7. The molecule has 4 rings (SSSR count). The molecule has 2 aromatic carbocycles. The lowest BCUT2D eigenvalue weighted by atomic mass is 9.70. The van der Waals surface area contributed by atoms with E-state index in [0.717, 1.165) is 48.1 Å². The van der Waals surface area contributed by atoms with Crippen LogP contribution in [0, 0.1) is 0 Å². The van der Waals surface area contributed by atoms with E-state index in [1.165, 1.54) is 6.42 Å². The molecular formula is C19H19NO2. The Bertz CT molecular complexity index is 745. The van der Waals surface area contributed by atoms with Gasteiger partial charge in [-0.2, -0.15) is 0 Å². The minimum absolute atomic E-state index is 0.162. The number of rotatable bonds is 1. The van der Waals surface area contributed by atoms with E-state index >= 15 is 0 Å². The van der Waals surface area contributed by atoms with Gasteiger partial charge in [0.1, 0.15) is 5.75 Å². The summed E-state index contributed by atoms with van der Waals surface area (Å²) in [7, 11) is 0. The normalized spacial score (nSPS) is 19.0. The van der Waals surface area contributed by atoms with Gasteiger partial charge in [0.2, 0.25) is 5.91 Å². The highest BCUT2D eigenvalue weighted by Gasteiger charge is 2.47. The van der Waals surface area contributed by atoms with Gasteiger partial charge in [0.05, 0.1) is 5.41 Å². The van der Waals surface area contributed by atoms with E-state index in [4.69, 9.17) is 0 Å². The standard InChI is InChI=1S/C19H19NO2/c21-15-6-4-5-13(11-15)14-7-8-17-16(12-14)19(18(22)20-17)9-2-1-3-10-19/h4-8,11-12,21H,1-3,9-10H2,(H,20,22). The van der Waals surface area contributed by atoms with Crippen LogP contribution in [0.4, 0.5) is 5.69 Å². The summed E-state index contributed by atoms with van der Waals surface area (Å²) in [5.41, 5.74) is 3.79. The lowest BCUT2D eigenvalue weighted by molar-refractivity contribution is -0.121. The molecule has 3 heteroatoms. The largest absolute Gasteiger partial charge is 0.508 e. The molecule has 0 saturated heterocycles. The zero-order valence-corrected chi connectivity index (χ0v) is 12.4. The number of phenols is 1. The van der Waals surface area contributed by atoms with Crippen molar-refractivity contribution >= 4 is 11.6 Å². The molecule has 2 N–H and O–H groups in total. The third-order valence-corrected chi connectivity index (χ3v) is 5.10. The van der Waals surface area contributed by atoms with Crippen molar-refractivity contribution in [3.05, 3.63) is 48.0 Å². The van der Waals surface area contributed by atoms with E-state index in [2.05, 4.69) is 11.4 Å². The molecule has 0 bridgehead atoms. The van der Waals surface area contributed by atoms with Crippen molar-refractivity contribution in [1.82, 2.24) is 0 Å². The van der Waals surface area contributed by atoms with Gasteiger partial charge < -0.3 is 10.4 Å². The summed E-state index contributed by atoms with van der Waals surface area (Å²) in [6, 6.07) is 13.4. The van der Waals surface area contributed by atoms with E-state index < -0.39 is 0 Å². The number of anilines is 1. The first-order chi connectivity index (χ1) is 10.7. The lowest BCUT2D eigenvalue weighted by Gasteiger charge is -2.31. The number of hydrogen-bond donors (Lipinski definition) is 2. The third-order valence-electron chi connectivity index (χ3n) is 5.10. The Balaban J connectivity index is 1.83. The van der Waals surface area contributed by atoms with E-state index in [1.54, 1.807) is 12.1 Å². The fraction of sp³-hybridized carbons (Fsp3) is 0.316. The average molecular weight is 293 g/mol. The number of carbonyl (C=O) groups excluding carboxylic acids is 1. The van der Waals surface area contributed by atoms with E-state index in [0.29, 0.717) is 0 Å². The maximum Gasteiger partial charge on any atom is 0.235 e. The molecule has 1 spiro atoms. The van der Waals surface area contributed by atoms with Crippen LogP contribution in [0.2, 0.25) is 0 Å². The van der Waals surface area contributed by atoms with Crippen molar-refractivity contribution < 1.29 is 9.90 Å².